The molecule has 4 rings (SSSR count). The molecule has 0 unspecified atom stereocenters. The summed E-state index contributed by atoms with van der Waals surface area (Å²) in [6.07, 6.45) is -4.36. The van der Waals surface area contributed by atoms with E-state index in [1.165, 1.54) is 12.1 Å². The van der Waals surface area contributed by atoms with Gasteiger partial charge in [-0.1, -0.05) is 48.0 Å². The molecule has 1 atom stereocenters. The fourth-order valence-electron chi connectivity index (χ4n) is 4.40. The molecule has 3 aromatic carbocycles. The highest BCUT2D eigenvalue weighted by Crippen LogP contribution is 2.30. The van der Waals surface area contributed by atoms with Crippen LogP contribution in [0.1, 0.15) is 28.4 Å². The summed E-state index contributed by atoms with van der Waals surface area (Å²) >= 11 is 6.07. The molecule has 0 aliphatic carbocycles. The van der Waals surface area contributed by atoms with E-state index in [0.29, 0.717) is 49.7 Å². The Hall–Kier alpha value is -3.07. The van der Waals surface area contributed by atoms with E-state index >= 15 is 0 Å². The maximum Gasteiger partial charge on any atom is 0.416 e. The van der Waals surface area contributed by atoms with E-state index < -0.39 is 11.7 Å². The number of halogens is 4. The van der Waals surface area contributed by atoms with Gasteiger partial charge in [0.25, 0.3) is 0 Å². The summed E-state index contributed by atoms with van der Waals surface area (Å²) in [4.78, 5) is 17.0. The van der Waals surface area contributed by atoms with E-state index in [9.17, 15) is 18.0 Å². The molecule has 3 aromatic rings. The normalized spacial score (nSPS) is 15.3. The lowest BCUT2D eigenvalue weighted by Gasteiger charge is -2.36. The first-order valence-electron chi connectivity index (χ1n) is 12.4. The molecule has 5 nitrogen and oxygen atoms in total. The number of hydrogen-bond donors (Lipinski definition) is 0. The summed E-state index contributed by atoms with van der Waals surface area (Å²) in [6.45, 7) is 3.35. The van der Waals surface area contributed by atoms with E-state index in [1.807, 2.05) is 41.3 Å². The number of methoxy groups -OCH3 is 1. The number of benzene rings is 3. The van der Waals surface area contributed by atoms with Gasteiger partial charge in [-0.3, -0.25) is 9.69 Å². The molecule has 202 valence electrons. The van der Waals surface area contributed by atoms with Crippen LogP contribution in [0.5, 0.6) is 5.75 Å². The Bertz CT molecular complexity index is 1190. The highest BCUT2D eigenvalue weighted by Gasteiger charge is 2.30. The first-order chi connectivity index (χ1) is 18.2. The van der Waals surface area contributed by atoms with Crippen molar-refractivity contribution in [2.24, 2.45) is 0 Å². The number of rotatable bonds is 9. The van der Waals surface area contributed by atoms with Crippen molar-refractivity contribution in [2.75, 3.05) is 39.8 Å². The molecular formula is C29H30ClF3N2O3. The number of piperazine rings is 1. The predicted octanol–water partition coefficient (Wildman–Crippen LogP) is 6.01. The molecule has 0 radical (unpaired) electrons. The van der Waals surface area contributed by atoms with Gasteiger partial charge in [0.2, 0.25) is 5.91 Å². The summed E-state index contributed by atoms with van der Waals surface area (Å²) < 4.78 is 50.1. The van der Waals surface area contributed by atoms with Crippen molar-refractivity contribution in [3.05, 3.63) is 100 Å². The Morgan fingerprint density at radius 3 is 2.26 bits per heavy atom. The van der Waals surface area contributed by atoms with Gasteiger partial charge in [-0.2, -0.15) is 13.2 Å². The van der Waals surface area contributed by atoms with Gasteiger partial charge in [0.15, 0.2) is 0 Å². The summed E-state index contributed by atoms with van der Waals surface area (Å²) in [5.41, 5.74) is 1.81. The van der Waals surface area contributed by atoms with Crippen molar-refractivity contribution in [1.29, 1.82) is 0 Å². The van der Waals surface area contributed by atoms with Crippen LogP contribution in [0.3, 0.4) is 0 Å². The van der Waals surface area contributed by atoms with Crippen LogP contribution in [-0.4, -0.2) is 55.5 Å². The molecule has 1 aliphatic heterocycles. The van der Waals surface area contributed by atoms with E-state index in [1.54, 1.807) is 19.2 Å². The van der Waals surface area contributed by atoms with Crippen molar-refractivity contribution in [3.63, 3.8) is 0 Å². The predicted molar refractivity (Wildman–Crippen MR) is 140 cm³/mol. The molecule has 0 saturated carbocycles. The highest BCUT2D eigenvalue weighted by molar-refractivity contribution is 6.30. The number of carbonyl (C=O) groups excluding carboxylic acids is 1. The molecule has 0 spiro atoms. The topological polar surface area (TPSA) is 42.0 Å². The highest BCUT2D eigenvalue weighted by atomic mass is 35.5. The van der Waals surface area contributed by atoms with Crippen LogP contribution in [0.2, 0.25) is 5.02 Å². The van der Waals surface area contributed by atoms with Crippen molar-refractivity contribution in [3.8, 4) is 5.75 Å². The lowest BCUT2D eigenvalue weighted by Crippen LogP contribution is -2.50. The van der Waals surface area contributed by atoms with Crippen molar-refractivity contribution in [1.82, 2.24) is 9.80 Å². The molecule has 1 saturated heterocycles. The summed E-state index contributed by atoms with van der Waals surface area (Å²) in [5, 5.41) is 0.610. The second kappa shape index (κ2) is 12.7. The molecule has 1 aliphatic rings. The van der Waals surface area contributed by atoms with Crippen LogP contribution in [-0.2, 0) is 28.7 Å². The number of nitrogens with zero attached hydrogens (tertiary/aromatic N) is 2. The summed E-state index contributed by atoms with van der Waals surface area (Å²) in [6, 6.07) is 19.9. The number of alkyl halides is 3. The van der Waals surface area contributed by atoms with Gasteiger partial charge in [-0.05, 0) is 53.1 Å². The molecule has 1 heterocycles. The maximum absolute atomic E-state index is 12.9. The van der Waals surface area contributed by atoms with Gasteiger partial charge < -0.3 is 14.4 Å². The molecule has 0 bridgehead atoms. The lowest BCUT2D eigenvalue weighted by atomic mass is 10.1. The standard InChI is InChI=1S/C29H30ClF3N2O3/c1-37-26-4-2-3-22(17-26)18-28(36)35-15-13-34(14-16-35)19-27(23-7-11-25(30)12-8-23)38-20-21-5-9-24(10-6-21)29(31,32)33/h2-12,17,27H,13-16,18-20H2,1H3/t27-/m0/s1. The monoisotopic (exact) mass is 546 g/mol. The zero-order chi connectivity index (χ0) is 27.1. The van der Waals surface area contributed by atoms with Crippen LogP contribution >= 0.6 is 11.6 Å². The van der Waals surface area contributed by atoms with Gasteiger partial charge in [-0.15, -0.1) is 0 Å². The van der Waals surface area contributed by atoms with Crippen molar-refractivity contribution in [2.45, 2.75) is 25.3 Å². The fraction of sp³-hybridized carbons (Fsp3) is 0.345. The van der Waals surface area contributed by atoms with Crippen molar-refractivity contribution >= 4 is 17.5 Å². The largest absolute Gasteiger partial charge is 0.497 e. The number of ether oxygens (including phenoxy) is 2. The Morgan fingerprint density at radius 1 is 0.947 bits per heavy atom. The second-order valence-electron chi connectivity index (χ2n) is 9.26. The SMILES string of the molecule is COc1cccc(CC(=O)N2CCN(C[C@H](OCc3ccc(C(F)(F)F)cc3)c3ccc(Cl)cc3)CC2)c1. The van der Waals surface area contributed by atoms with Gasteiger partial charge in [-0.25, -0.2) is 0 Å². The number of hydrogen-bond acceptors (Lipinski definition) is 4. The molecule has 1 amide bonds. The first kappa shape index (κ1) is 28.0. The minimum Gasteiger partial charge on any atom is -0.497 e. The molecule has 0 N–H and O–H groups in total. The van der Waals surface area contributed by atoms with Crippen molar-refractivity contribution < 1.29 is 27.4 Å². The van der Waals surface area contributed by atoms with Crippen LogP contribution in [0.4, 0.5) is 13.2 Å². The van der Waals surface area contributed by atoms with Crippen LogP contribution in [0.15, 0.2) is 72.8 Å². The molecule has 1 fully saturated rings. The Labute approximate surface area is 225 Å². The average Bonchev–Trinajstić information content (AvgIpc) is 2.91. The minimum atomic E-state index is -4.37. The third kappa shape index (κ3) is 7.72. The van der Waals surface area contributed by atoms with Gasteiger partial charge in [0.05, 0.1) is 31.8 Å². The number of amides is 1. The molecule has 9 heteroatoms. The number of carbonyl (C=O) groups is 1. The quantitative estimate of drug-likeness (QED) is 0.329. The summed E-state index contributed by atoms with van der Waals surface area (Å²) in [7, 11) is 1.60. The van der Waals surface area contributed by atoms with E-state index in [4.69, 9.17) is 21.1 Å². The zero-order valence-corrected chi connectivity index (χ0v) is 21.8. The zero-order valence-electron chi connectivity index (χ0n) is 21.1. The van der Waals surface area contributed by atoms with Crippen LogP contribution in [0.25, 0.3) is 0 Å². The first-order valence-corrected chi connectivity index (χ1v) is 12.8. The van der Waals surface area contributed by atoms with Crippen LogP contribution in [0, 0.1) is 0 Å². The molecular weight excluding hydrogens is 517 g/mol. The molecule has 38 heavy (non-hydrogen) atoms. The minimum absolute atomic E-state index is 0.0747. The summed E-state index contributed by atoms with van der Waals surface area (Å²) in [5.74, 6) is 0.801. The van der Waals surface area contributed by atoms with Gasteiger partial charge in [0, 0.05) is 37.7 Å². The van der Waals surface area contributed by atoms with Crippen LogP contribution < -0.4 is 4.74 Å². The third-order valence-electron chi connectivity index (χ3n) is 6.61. The lowest BCUT2D eigenvalue weighted by molar-refractivity contribution is -0.137. The Balaban J connectivity index is 1.35. The van der Waals surface area contributed by atoms with Gasteiger partial charge >= 0.3 is 6.18 Å². The van der Waals surface area contributed by atoms with E-state index in [0.717, 1.165) is 29.0 Å². The Morgan fingerprint density at radius 2 is 1.63 bits per heavy atom. The third-order valence-corrected chi connectivity index (χ3v) is 6.86. The molecule has 0 aromatic heterocycles. The fourth-order valence-corrected chi connectivity index (χ4v) is 4.53. The smallest absolute Gasteiger partial charge is 0.416 e. The second-order valence-corrected chi connectivity index (χ2v) is 9.69. The van der Waals surface area contributed by atoms with E-state index in [-0.39, 0.29) is 18.6 Å². The maximum atomic E-state index is 12.9. The van der Waals surface area contributed by atoms with E-state index in [2.05, 4.69) is 4.90 Å². The Kier molecular flexibility index (Phi) is 9.31. The average molecular weight is 547 g/mol. The van der Waals surface area contributed by atoms with Gasteiger partial charge in [0.1, 0.15) is 5.75 Å².